The van der Waals surface area contributed by atoms with Crippen LogP contribution in [0, 0.1) is 0 Å². The Hall–Kier alpha value is -1.10. The van der Waals surface area contributed by atoms with Gasteiger partial charge in [-0.25, -0.2) is 9.59 Å². The van der Waals surface area contributed by atoms with Gasteiger partial charge in [0, 0.05) is 5.57 Å². The number of carbonyl (C=O) groups excluding carboxylic acids is 2. The highest BCUT2D eigenvalue weighted by Gasteiger charge is 2.49. The Labute approximate surface area is 136 Å². The maximum absolute atomic E-state index is 12.6. The molecule has 0 aromatic rings. The first-order chi connectivity index (χ1) is 10.00. The maximum atomic E-state index is 12.6. The average Bonchev–Trinajstić information content (AvgIpc) is 2.39. The summed E-state index contributed by atoms with van der Waals surface area (Å²) in [7, 11) is -2.31. The quantitative estimate of drug-likeness (QED) is 0.371. The topological polar surface area (TPSA) is 52.6 Å². The fourth-order valence-corrected chi connectivity index (χ4v) is 8.31. The smallest absolute Gasteiger partial charge is 0.334 e. The molecule has 4 nitrogen and oxygen atoms in total. The van der Waals surface area contributed by atoms with Crippen molar-refractivity contribution in [3.63, 3.8) is 0 Å². The van der Waals surface area contributed by atoms with E-state index in [2.05, 4.69) is 48.1 Å². The maximum Gasteiger partial charge on any atom is 0.334 e. The monoisotopic (exact) mass is 328 g/mol. The van der Waals surface area contributed by atoms with Gasteiger partial charge in [-0.1, -0.05) is 55.0 Å². The van der Waals surface area contributed by atoms with Crippen LogP contribution in [0.4, 0.5) is 0 Å². The molecule has 0 radical (unpaired) electrons. The van der Waals surface area contributed by atoms with Crippen LogP contribution in [0.1, 0.15) is 61.8 Å². The van der Waals surface area contributed by atoms with Crippen molar-refractivity contribution in [3.05, 3.63) is 12.2 Å². The Morgan fingerprint density at radius 1 is 1.00 bits per heavy atom. The highest BCUT2D eigenvalue weighted by atomic mass is 28.4. The molecule has 0 rings (SSSR count). The van der Waals surface area contributed by atoms with Crippen molar-refractivity contribution in [3.8, 4) is 0 Å². The Kier molecular flexibility index (Phi) is 8.08. The zero-order valence-corrected chi connectivity index (χ0v) is 16.4. The first-order valence-corrected chi connectivity index (χ1v) is 10.2. The van der Waals surface area contributed by atoms with Crippen molar-refractivity contribution in [2.75, 3.05) is 0 Å². The number of ether oxygens (including phenoxy) is 1. The van der Waals surface area contributed by atoms with Gasteiger partial charge in [0.2, 0.25) is 0 Å². The SMILES string of the molecule is C=C(C)C(=O)OC(CC)C(=O)O[Si](C(C)C)(C(C)C)C(C)C. The third-order valence-electron chi connectivity index (χ3n) is 4.22. The Bertz CT molecular complexity index is 391. The van der Waals surface area contributed by atoms with Gasteiger partial charge in [-0.3, -0.25) is 0 Å². The zero-order chi connectivity index (χ0) is 17.7. The van der Waals surface area contributed by atoms with E-state index in [9.17, 15) is 9.59 Å². The van der Waals surface area contributed by atoms with Crippen molar-refractivity contribution in [2.24, 2.45) is 0 Å². The van der Waals surface area contributed by atoms with Gasteiger partial charge in [-0.2, -0.15) is 0 Å². The minimum atomic E-state index is -2.31. The van der Waals surface area contributed by atoms with E-state index in [1.54, 1.807) is 13.8 Å². The minimum absolute atomic E-state index is 0.284. The summed E-state index contributed by atoms with van der Waals surface area (Å²) in [6.45, 7) is 19.6. The van der Waals surface area contributed by atoms with E-state index in [0.29, 0.717) is 23.0 Å². The summed E-state index contributed by atoms with van der Waals surface area (Å²) < 4.78 is 11.3. The van der Waals surface area contributed by atoms with Gasteiger partial charge in [0.05, 0.1) is 0 Å². The summed E-state index contributed by atoms with van der Waals surface area (Å²) in [4.78, 5) is 24.2. The molecule has 0 aromatic heterocycles. The van der Waals surface area contributed by atoms with Crippen LogP contribution >= 0.6 is 0 Å². The second-order valence-electron chi connectivity index (χ2n) is 6.82. The van der Waals surface area contributed by atoms with Crippen LogP contribution in [0.5, 0.6) is 0 Å². The molecule has 128 valence electrons. The molecule has 0 aliphatic heterocycles. The third-order valence-corrected chi connectivity index (χ3v) is 10.2. The molecule has 0 N–H and O–H groups in total. The lowest BCUT2D eigenvalue weighted by atomic mass is 10.3. The molecule has 1 atom stereocenters. The van der Waals surface area contributed by atoms with Crippen LogP contribution in [-0.4, -0.2) is 26.4 Å². The average molecular weight is 329 g/mol. The third kappa shape index (κ3) is 4.70. The summed E-state index contributed by atoms with van der Waals surface area (Å²) in [6, 6.07) is 0. The molecular weight excluding hydrogens is 296 g/mol. The van der Waals surface area contributed by atoms with Crippen molar-refractivity contribution in [1.29, 1.82) is 0 Å². The zero-order valence-electron chi connectivity index (χ0n) is 15.4. The molecule has 0 spiro atoms. The highest BCUT2D eigenvalue weighted by Crippen LogP contribution is 2.42. The normalized spacial score (nSPS) is 13.4. The Morgan fingerprint density at radius 2 is 1.41 bits per heavy atom. The van der Waals surface area contributed by atoms with Crippen LogP contribution in [0.3, 0.4) is 0 Å². The Balaban J connectivity index is 5.32. The van der Waals surface area contributed by atoms with Crippen molar-refractivity contribution in [2.45, 2.75) is 84.5 Å². The lowest BCUT2D eigenvalue weighted by molar-refractivity contribution is -0.160. The lowest BCUT2D eigenvalue weighted by Crippen LogP contribution is -2.51. The predicted molar refractivity (Wildman–Crippen MR) is 92.1 cm³/mol. The van der Waals surface area contributed by atoms with E-state index in [1.807, 2.05) is 0 Å². The summed E-state index contributed by atoms with van der Waals surface area (Å²) in [5.74, 6) is -0.963. The highest BCUT2D eigenvalue weighted by molar-refractivity contribution is 6.78. The largest absolute Gasteiger partial charge is 0.516 e. The van der Waals surface area contributed by atoms with Gasteiger partial charge < -0.3 is 9.16 Å². The number of hydrogen-bond donors (Lipinski definition) is 0. The van der Waals surface area contributed by atoms with Crippen LogP contribution in [0.25, 0.3) is 0 Å². The van der Waals surface area contributed by atoms with Crippen LogP contribution in [-0.2, 0) is 18.8 Å². The van der Waals surface area contributed by atoms with Gasteiger partial charge >= 0.3 is 11.9 Å². The van der Waals surface area contributed by atoms with Crippen LogP contribution < -0.4 is 0 Å². The number of hydrogen-bond acceptors (Lipinski definition) is 4. The summed E-state index contributed by atoms with van der Waals surface area (Å²) in [5, 5.41) is 0. The van der Waals surface area contributed by atoms with E-state index >= 15 is 0 Å². The fraction of sp³-hybridized carbons (Fsp3) is 0.765. The van der Waals surface area contributed by atoms with E-state index in [-0.39, 0.29) is 5.57 Å². The first-order valence-electron chi connectivity index (χ1n) is 8.09. The summed E-state index contributed by atoms with van der Waals surface area (Å²) >= 11 is 0. The molecule has 0 aliphatic rings. The first kappa shape index (κ1) is 20.9. The lowest BCUT2D eigenvalue weighted by Gasteiger charge is -2.41. The minimum Gasteiger partial charge on any atom is -0.516 e. The molecule has 22 heavy (non-hydrogen) atoms. The molecular formula is C17H32O4Si. The standard InChI is InChI=1S/C17H32O4Si/c1-10-15(20-16(18)11(2)3)17(19)21-22(12(4)5,13(6)7)14(8)9/h12-15H,2,10H2,1,3-9H3. The second kappa shape index (κ2) is 8.51. The van der Waals surface area contributed by atoms with Crippen molar-refractivity contribution >= 4 is 20.3 Å². The molecule has 0 heterocycles. The number of esters is 1. The molecule has 1 unspecified atom stereocenters. The Morgan fingerprint density at radius 3 is 1.68 bits per heavy atom. The molecule has 0 saturated heterocycles. The summed E-state index contributed by atoms with van der Waals surface area (Å²) in [5.41, 5.74) is 1.17. The molecule has 5 heteroatoms. The fourth-order valence-electron chi connectivity index (χ4n) is 3.12. The van der Waals surface area contributed by atoms with Gasteiger partial charge in [-0.05, 0) is 30.0 Å². The molecule has 0 aliphatic carbocycles. The van der Waals surface area contributed by atoms with Crippen LogP contribution in [0.2, 0.25) is 16.6 Å². The summed E-state index contributed by atoms with van der Waals surface area (Å²) in [6.07, 6.45) is -0.455. The van der Waals surface area contributed by atoms with Crippen LogP contribution in [0.15, 0.2) is 12.2 Å². The number of carbonyl (C=O) groups is 2. The van der Waals surface area contributed by atoms with Crippen molar-refractivity contribution in [1.82, 2.24) is 0 Å². The molecule has 0 amide bonds. The molecule has 0 aromatic carbocycles. The van der Waals surface area contributed by atoms with Gasteiger partial charge in [-0.15, -0.1) is 0 Å². The van der Waals surface area contributed by atoms with Gasteiger partial charge in [0.1, 0.15) is 0 Å². The molecule has 0 fully saturated rings. The van der Waals surface area contributed by atoms with E-state index in [0.717, 1.165) is 0 Å². The predicted octanol–water partition coefficient (Wildman–Crippen LogP) is 4.60. The molecule has 0 saturated carbocycles. The van der Waals surface area contributed by atoms with Crippen molar-refractivity contribution < 1.29 is 18.8 Å². The van der Waals surface area contributed by atoms with E-state index in [1.165, 1.54) is 0 Å². The van der Waals surface area contributed by atoms with E-state index in [4.69, 9.17) is 9.16 Å². The second-order valence-corrected chi connectivity index (χ2v) is 12.2. The van der Waals surface area contributed by atoms with Gasteiger partial charge in [0.15, 0.2) is 6.10 Å². The van der Waals surface area contributed by atoms with E-state index < -0.39 is 26.4 Å². The van der Waals surface area contributed by atoms with Gasteiger partial charge in [0.25, 0.3) is 8.32 Å². The number of rotatable bonds is 8. The molecule has 0 bridgehead atoms.